The van der Waals surface area contributed by atoms with E-state index in [-0.39, 0.29) is 5.75 Å². The van der Waals surface area contributed by atoms with Crippen LogP contribution in [0.15, 0.2) is 35.7 Å². The van der Waals surface area contributed by atoms with Gasteiger partial charge in [-0.3, -0.25) is 0 Å². The van der Waals surface area contributed by atoms with Crippen molar-refractivity contribution in [1.29, 1.82) is 0 Å². The van der Waals surface area contributed by atoms with Gasteiger partial charge in [-0.2, -0.15) is 0 Å². The number of nitrogens with two attached hydrogens (primary N) is 1. The molecule has 0 aliphatic rings. The number of rotatable bonds is 3. The molecule has 0 saturated heterocycles. The first kappa shape index (κ1) is 14.2. The van der Waals surface area contributed by atoms with Gasteiger partial charge in [-0.1, -0.05) is 23.7 Å². The van der Waals surface area contributed by atoms with Gasteiger partial charge in [0.05, 0.1) is 11.1 Å². The fourth-order valence-electron chi connectivity index (χ4n) is 1.56. The second kappa shape index (κ2) is 5.40. The van der Waals surface area contributed by atoms with E-state index in [0.717, 1.165) is 4.88 Å². The number of hydrogen-bond acceptors (Lipinski definition) is 3. The summed E-state index contributed by atoms with van der Waals surface area (Å²) < 4.78 is 39.8. The molecule has 0 spiro atoms. The molecule has 0 saturated carbocycles. The van der Waals surface area contributed by atoms with E-state index in [4.69, 9.17) is 17.3 Å². The molecule has 2 N–H and O–H groups in total. The molecule has 2 rings (SSSR count). The van der Waals surface area contributed by atoms with E-state index >= 15 is 0 Å². The molecule has 0 fully saturated rings. The van der Waals surface area contributed by atoms with Gasteiger partial charge < -0.3 is 10.5 Å². The van der Waals surface area contributed by atoms with Gasteiger partial charge in [0.25, 0.3) is 0 Å². The number of hydrogen-bond donors (Lipinski definition) is 1. The van der Waals surface area contributed by atoms with Crippen molar-refractivity contribution in [3.05, 3.63) is 51.2 Å². The standard InChI is InChI=1S/C12H9ClF3NOS/c13-9-5-6-19-11(9)10(17)7-1-3-8(4-2-7)18-12(14,15)16/h1-6,10H,17H2. The second-order valence-electron chi connectivity index (χ2n) is 3.73. The third-order valence-electron chi connectivity index (χ3n) is 2.40. The molecular formula is C12H9ClF3NOS. The Morgan fingerprint density at radius 3 is 2.26 bits per heavy atom. The van der Waals surface area contributed by atoms with Crippen molar-refractivity contribution in [2.75, 3.05) is 0 Å². The van der Waals surface area contributed by atoms with Gasteiger partial charge >= 0.3 is 6.36 Å². The molecule has 0 amide bonds. The van der Waals surface area contributed by atoms with E-state index in [1.165, 1.54) is 35.6 Å². The minimum atomic E-state index is -4.69. The highest BCUT2D eigenvalue weighted by Crippen LogP contribution is 2.32. The predicted octanol–water partition coefficient (Wildman–Crippen LogP) is 4.35. The minimum Gasteiger partial charge on any atom is -0.406 e. The van der Waals surface area contributed by atoms with Crippen LogP contribution in [0.2, 0.25) is 5.02 Å². The summed E-state index contributed by atoms with van der Waals surface area (Å²) in [7, 11) is 0. The summed E-state index contributed by atoms with van der Waals surface area (Å²) in [6.07, 6.45) is -4.69. The summed E-state index contributed by atoms with van der Waals surface area (Å²) >= 11 is 7.36. The van der Waals surface area contributed by atoms with Gasteiger partial charge in [-0.25, -0.2) is 0 Å². The van der Waals surface area contributed by atoms with Crippen molar-refractivity contribution in [2.45, 2.75) is 12.4 Å². The minimum absolute atomic E-state index is 0.277. The van der Waals surface area contributed by atoms with E-state index in [9.17, 15) is 13.2 Å². The van der Waals surface area contributed by atoms with Crippen LogP contribution in [-0.2, 0) is 0 Å². The summed E-state index contributed by atoms with van der Waals surface area (Å²) in [5.74, 6) is -0.277. The predicted molar refractivity (Wildman–Crippen MR) is 68.5 cm³/mol. The molecule has 1 unspecified atom stereocenters. The van der Waals surface area contributed by atoms with E-state index < -0.39 is 12.4 Å². The lowest BCUT2D eigenvalue weighted by Crippen LogP contribution is -2.17. The molecule has 19 heavy (non-hydrogen) atoms. The monoisotopic (exact) mass is 307 g/mol. The number of alkyl halides is 3. The van der Waals surface area contributed by atoms with Crippen LogP contribution in [0, 0.1) is 0 Å². The Morgan fingerprint density at radius 2 is 1.79 bits per heavy atom. The Bertz CT molecular complexity index is 553. The van der Waals surface area contributed by atoms with Gasteiger partial charge in [-0.15, -0.1) is 24.5 Å². The molecule has 7 heteroatoms. The zero-order chi connectivity index (χ0) is 14.0. The Morgan fingerprint density at radius 1 is 1.16 bits per heavy atom. The van der Waals surface area contributed by atoms with Crippen molar-refractivity contribution in [1.82, 2.24) is 0 Å². The molecule has 1 aromatic carbocycles. The summed E-state index contributed by atoms with van der Waals surface area (Å²) in [6.45, 7) is 0. The van der Waals surface area contributed by atoms with Gasteiger partial charge in [-0.05, 0) is 29.1 Å². The average Bonchev–Trinajstić information content (AvgIpc) is 2.73. The van der Waals surface area contributed by atoms with E-state index in [2.05, 4.69) is 4.74 Å². The van der Waals surface area contributed by atoms with Gasteiger partial charge in [0.2, 0.25) is 0 Å². The molecule has 0 aliphatic carbocycles. The number of benzene rings is 1. The SMILES string of the molecule is NC(c1ccc(OC(F)(F)F)cc1)c1sccc1Cl. The number of ether oxygens (including phenoxy) is 1. The molecule has 1 aromatic heterocycles. The molecule has 1 heterocycles. The largest absolute Gasteiger partial charge is 0.573 e. The maximum atomic E-state index is 12.0. The zero-order valence-electron chi connectivity index (χ0n) is 9.45. The van der Waals surface area contributed by atoms with Crippen LogP contribution < -0.4 is 10.5 Å². The zero-order valence-corrected chi connectivity index (χ0v) is 11.0. The molecule has 0 radical (unpaired) electrons. The molecule has 0 bridgehead atoms. The van der Waals surface area contributed by atoms with Crippen molar-refractivity contribution < 1.29 is 17.9 Å². The van der Waals surface area contributed by atoms with Crippen LogP contribution in [0.3, 0.4) is 0 Å². The van der Waals surface area contributed by atoms with Crippen LogP contribution >= 0.6 is 22.9 Å². The highest BCUT2D eigenvalue weighted by Gasteiger charge is 2.31. The first-order valence-electron chi connectivity index (χ1n) is 5.21. The molecule has 2 aromatic rings. The Labute approximate surface area is 116 Å². The van der Waals surface area contributed by atoms with E-state index in [1.807, 2.05) is 0 Å². The Balaban J connectivity index is 2.17. The summed E-state index contributed by atoms with van der Waals surface area (Å²) in [6, 6.07) is 6.69. The van der Waals surface area contributed by atoms with E-state index in [0.29, 0.717) is 10.6 Å². The summed E-state index contributed by atoms with van der Waals surface area (Å²) in [4.78, 5) is 0.770. The summed E-state index contributed by atoms with van der Waals surface area (Å²) in [5, 5.41) is 2.35. The highest BCUT2D eigenvalue weighted by atomic mass is 35.5. The topological polar surface area (TPSA) is 35.2 Å². The van der Waals surface area contributed by atoms with Crippen molar-refractivity contribution in [3.63, 3.8) is 0 Å². The van der Waals surface area contributed by atoms with Crippen molar-refractivity contribution in [2.24, 2.45) is 5.73 Å². The second-order valence-corrected chi connectivity index (χ2v) is 5.08. The number of halogens is 4. The quantitative estimate of drug-likeness (QED) is 0.915. The fourth-order valence-corrected chi connectivity index (χ4v) is 2.76. The van der Waals surface area contributed by atoms with Gasteiger partial charge in [0, 0.05) is 4.88 Å². The summed E-state index contributed by atoms with van der Waals surface area (Å²) in [5.41, 5.74) is 6.67. The molecule has 1 atom stereocenters. The Kier molecular flexibility index (Phi) is 4.03. The van der Waals surface area contributed by atoms with E-state index in [1.54, 1.807) is 11.4 Å². The normalized spacial score (nSPS) is 13.3. The molecular weight excluding hydrogens is 299 g/mol. The van der Waals surface area contributed by atoms with Crippen LogP contribution in [-0.4, -0.2) is 6.36 Å². The van der Waals surface area contributed by atoms with Crippen LogP contribution in [0.5, 0.6) is 5.75 Å². The molecule has 2 nitrogen and oxygen atoms in total. The van der Waals surface area contributed by atoms with Crippen molar-refractivity contribution in [3.8, 4) is 5.75 Å². The van der Waals surface area contributed by atoms with Gasteiger partial charge in [0.1, 0.15) is 5.75 Å². The van der Waals surface area contributed by atoms with Crippen LogP contribution in [0.4, 0.5) is 13.2 Å². The average molecular weight is 308 g/mol. The lowest BCUT2D eigenvalue weighted by molar-refractivity contribution is -0.274. The third-order valence-corrected chi connectivity index (χ3v) is 3.84. The first-order chi connectivity index (χ1) is 8.87. The molecule has 102 valence electrons. The fraction of sp³-hybridized carbons (Fsp3) is 0.167. The number of thiophene rings is 1. The lowest BCUT2D eigenvalue weighted by Gasteiger charge is -2.13. The Hall–Kier alpha value is -1.24. The van der Waals surface area contributed by atoms with Crippen LogP contribution in [0.1, 0.15) is 16.5 Å². The lowest BCUT2D eigenvalue weighted by atomic mass is 10.1. The van der Waals surface area contributed by atoms with Crippen molar-refractivity contribution >= 4 is 22.9 Å². The highest BCUT2D eigenvalue weighted by molar-refractivity contribution is 7.10. The van der Waals surface area contributed by atoms with Gasteiger partial charge in [0.15, 0.2) is 0 Å². The first-order valence-corrected chi connectivity index (χ1v) is 6.47. The maximum absolute atomic E-state index is 12.0. The molecule has 0 aliphatic heterocycles. The third kappa shape index (κ3) is 3.62. The van der Waals surface area contributed by atoms with Crippen LogP contribution in [0.25, 0.3) is 0 Å². The maximum Gasteiger partial charge on any atom is 0.573 e. The smallest absolute Gasteiger partial charge is 0.406 e.